The summed E-state index contributed by atoms with van der Waals surface area (Å²) in [5.41, 5.74) is 2.97. The maximum atomic E-state index is 12.1. The first-order valence-corrected chi connectivity index (χ1v) is 9.36. The third-order valence-electron chi connectivity index (χ3n) is 4.64. The van der Waals surface area contributed by atoms with E-state index < -0.39 is 0 Å². The summed E-state index contributed by atoms with van der Waals surface area (Å²) < 4.78 is 10.5. The normalized spacial score (nSPS) is 10.9. The van der Waals surface area contributed by atoms with E-state index in [-0.39, 0.29) is 12.3 Å². The number of amides is 1. The van der Waals surface area contributed by atoms with Crippen molar-refractivity contribution in [1.29, 1.82) is 0 Å². The van der Waals surface area contributed by atoms with Gasteiger partial charge in [-0.25, -0.2) is 0 Å². The lowest BCUT2D eigenvalue weighted by molar-refractivity contribution is -0.121. The Bertz CT molecular complexity index is 1100. The summed E-state index contributed by atoms with van der Waals surface area (Å²) in [4.78, 5) is 23.7. The molecule has 0 unspecified atom stereocenters. The highest BCUT2D eigenvalue weighted by molar-refractivity contribution is 5.84. The van der Waals surface area contributed by atoms with Gasteiger partial charge >= 0.3 is 0 Å². The van der Waals surface area contributed by atoms with Gasteiger partial charge in [-0.1, -0.05) is 5.16 Å². The number of aromatic nitrogens is 4. The van der Waals surface area contributed by atoms with Crippen molar-refractivity contribution < 1.29 is 14.1 Å². The fraction of sp³-hybridized carbons (Fsp3) is 0.238. The minimum atomic E-state index is -0.0523. The van der Waals surface area contributed by atoms with Gasteiger partial charge in [-0.3, -0.25) is 9.78 Å². The van der Waals surface area contributed by atoms with E-state index >= 15 is 0 Å². The molecule has 3 aromatic heterocycles. The van der Waals surface area contributed by atoms with Crippen LogP contribution in [-0.2, 0) is 17.6 Å². The smallest absolute Gasteiger partial charge is 0.227 e. The molecule has 0 radical (unpaired) electrons. The molecule has 0 spiro atoms. The van der Waals surface area contributed by atoms with Crippen molar-refractivity contribution in [3.63, 3.8) is 0 Å². The Morgan fingerprint density at radius 2 is 2.21 bits per heavy atom. The minimum absolute atomic E-state index is 0.0523. The van der Waals surface area contributed by atoms with Crippen LogP contribution < -0.4 is 10.1 Å². The second-order valence-electron chi connectivity index (χ2n) is 6.58. The number of carbonyl (C=O) groups is 1. The van der Waals surface area contributed by atoms with E-state index in [1.54, 1.807) is 19.5 Å². The first-order valence-electron chi connectivity index (χ1n) is 9.36. The van der Waals surface area contributed by atoms with Crippen molar-refractivity contribution in [1.82, 2.24) is 25.4 Å². The van der Waals surface area contributed by atoms with Crippen LogP contribution in [0.5, 0.6) is 5.75 Å². The van der Waals surface area contributed by atoms with E-state index in [9.17, 15) is 4.79 Å². The largest absolute Gasteiger partial charge is 0.497 e. The molecule has 3 heterocycles. The van der Waals surface area contributed by atoms with E-state index in [2.05, 4.69) is 25.4 Å². The summed E-state index contributed by atoms with van der Waals surface area (Å²) in [6.07, 6.45) is 6.72. The van der Waals surface area contributed by atoms with Crippen LogP contribution in [0.4, 0.5) is 0 Å². The average molecular weight is 391 g/mol. The molecule has 4 aromatic rings. The lowest BCUT2D eigenvalue weighted by Crippen LogP contribution is -2.25. The predicted octanol–water partition coefficient (Wildman–Crippen LogP) is 2.91. The van der Waals surface area contributed by atoms with Gasteiger partial charge in [-0.15, -0.1) is 0 Å². The zero-order valence-corrected chi connectivity index (χ0v) is 16.0. The number of pyridine rings is 1. The SMILES string of the molecule is COc1ccc2[nH]cc(CCNC(=O)CCc3nc(-c4cccnc4)no3)c2c1. The summed E-state index contributed by atoms with van der Waals surface area (Å²) in [6, 6.07) is 9.57. The van der Waals surface area contributed by atoms with Crippen LogP contribution in [0.2, 0.25) is 0 Å². The van der Waals surface area contributed by atoms with Crippen LogP contribution in [0.25, 0.3) is 22.3 Å². The molecule has 148 valence electrons. The van der Waals surface area contributed by atoms with Crippen LogP contribution in [0.3, 0.4) is 0 Å². The summed E-state index contributed by atoms with van der Waals surface area (Å²) in [6.45, 7) is 0.549. The zero-order chi connectivity index (χ0) is 20.1. The summed E-state index contributed by atoms with van der Waals surface area (Å²) in [5.74, 6) is 1.67. The molecular weight excluding hydrogens is 370 g/mol. The van der Waals surface area contributed by atoms with Crippen molar-refractivity contribution in [3.05, 3.63) is 60.4 Å². The molecule has 1 aromatic carbocycles. The standard InChI is InChI=1S/C21H21N5O3/c1-28-16-4-5-18-17(11-16)14(13-24-18)8-10-23-19(27)6-7-20-25-21(26-29-20)15-3-2-9-22-12-15/h2-5,9,11-13,24H,6-8,10H2,1H3,(H,23,27). The molecule has 8 nitrogen and oxygen atoms in total. The van der Waals surface area contributed by atoms with Gasteiger partial charge in [0.05, 0.1) is 7.11 Å². The van der Waals surface area contributed by atoms with Gasteiger partial charge in [0.1, 0.15) is 5.75 Å². The lowest BCUT2D eigenvalue weighted by atomic mass is 10.1. The Hall–Kier alpha value is -3.68. The topological polar surface area (TPSA) is 106 Å². The van der Waals surface area contributed by atoms with Crippen molar-refractivity contribution in [3.8, 4) is 17.1 Å². The third-order valence-corrected chi connectivity index (χ3v) is 4.64. The number of hydrogen-bond donors (Lipinski definition) is 2. The first-order chi connectivity index (χ1) is 14.2. The number of fused-ring (bicyclic) bond motifs is 1. The Balaban J connectivity index is 1.26. The number of aryl methyl sites for hydroxylation is 1. The molecule has 0 atom stereocenters. The Labute approximate surface area is 167 Å². The molecule has 4 rings (SSSR count). The Morgan fingerprint density at radius 3 is 3.03 bits per heavy atom. The predicted molar refractivity (Wildman–Crippen MR) is 107 cm³/mol. The molecule has 8 heteroatoms. The molecule has 0 bridgehead atoms. The number of hydrogen-bond acceptors (Lipinski definition) is 6. The van der Waals surface area contributed by atoms with Gasteiger partial charge < -0.3 is 19.6 Å². The number of carbonyl (C=O) groups excluding carboxylic acids is 1. The monoisotopic (exact) mass is 391 g/mol. The first kappa shape index (κ1) is 18.7. The number of aromatic amines is 1. The van der Waals surface area contributed by atoms with Gasteiger partial charge in [0.25, 0.3) is 0 Å². The highest BCUT2D eigenvalue weighted by Crippen LogP contribution is 2.23. The van der Waals surface area contributed by atoms with Crippen LogP contribution in [0.15, 0.2) is 53.4 Å². The molecule has 0 saturated heterocycles. The van der Waals surface area contributed by atoms with Gasteiger partial charge in [0.15, 0.2) is 0 Å². The number of nitrogens with one attached hydrogen (secondary N) is 2. The van der Waals surface area contributed by atoms with Crippen molar-refractivity contribution in [2.45, 2.75) is 19.3 Å². The molecule has 2 N–H and O–H groups in total. The van der Waals surface area contributed by atoms with Crippen molar-refractivity contribution in [2.24, 2.45) is 0 Å². The average Bonchev–Trinajstić information content (AvgIpc) is 3.40. The highest BCUT2D eigenvalue weighted by atomic mass is 16.5. The number of nitrogens with zero attached hydrogens (tertiary/aromatic N) is 3. The molecule has 0 fully saturated rings. The second-order valence-corrected chi connectivity index (χ2v) is 6.58. The number of ether oxygens (including phenoxy) is 1. The van der Waals surface area contributed by atoms with E-state index in [1.807, 2.05) is 36.5 Å². The molecular formula is C21H21N5O3. The molecule has 0 aliphatic carbocycles. The van der Waals surface area contributed by atoms with Crippen molar-refractivity contribution in [2.75, 3.05) is 13.7 Å². The summed E-state index contributed by atoms with van der Waals surface area (Å²) >= 11 is 0. The van der Waals surface area contributed by atoms with E-state index in [0.29, 0.717) is 24.7 Å². The van der Waals surface area contributed by atoms with Crippen molar-refractivity contribution >= 4 is 16.8 Å². The number of rotatable bonds is 8. The maximum Gasteiger partial charge on any atom is 0.227 e. The molecule has 29 heavy (non-hydrogen) atoms. The maximum absolute atomic E-state index is 12.1. The van der Waals surface area contributed by atoms with E-state index in [1.165, 1.54) is 0 Å². The third kappa shape index (κ3) is 4.43. The minimum Gasteiger partial charge on any atom is -0.497 e. The van der Waals surface area contributed by atoms with Gasteiger partial charge in [0.2, 0.25) is 17.6 Å². The fourth-order valence-electron chi connectivity index (χ4n) is 3.11. The van der Waals surface area contributed by atoms with Crippen LogP contribution in [0, 0.1) is 0 Å². The number of methoxy groups -OCH3 is 1. The second kappa shape index (κ2) is 8.55. The fourth-order valence-corrected chi connectivity index (χ4v) is 3.11. The van der Waals surface area contributed by atoms with Gasteiger partial charge in [-0.05, 0) is 42.3 Å². The number of benzene rings is 1. The molecule has 1 amide bonds. The highest BCUT2D eigenvalue weighted by Gasteiger charge is 2.11. The van der Waals surface area contributed by atoms with E-state index in [4.69, 9.17) is 9.26 Å². The number of H-pyrrole nitrogens is 1. The lowest BCUT2D eigenvalue weighted by Gasteiger charge is -2.04. The van der Waals surface area contributed by atoms with Gasteiger partial charge in [-0.2, -0.15) is 4.98 Å². The summed E-state index contributed by atoms with van der Waals surface area (Å²) in [7, 11) is 1.65. The van der Waals surface area contributed by atoms with Crippen LogP contribution >= 0.6 is 0 Å². The van der Waals surface area contributed by atoms with Gasteiger partial charge in [0, 0.05) is 54.4 Å². The van der Waals surface area contributed by atoms with E-state index in [0.717, 1.165) is 34.2 Å². The quantitative estimate of drug-likeness (QED) is 0.478. The van der Waals surface area contributed by atoms with Crippen LogP contribution in [0.1, 0.15) is 17.9 Å². The Kier molecular flexibility index (Phi) is 5.51. The Morgan fingerprint density at radius 1 is 1.28 bits per heavy atom. The summed E-state index contributed by atoms with van der Waals surface area (Å²) in [5, 5.41) is 7.97. The molecule has 0 aliphatic heterocycles. The molecule has 0 saturated carbocycles. The van der Waals surface area contributed by atoms with Crippen LogP contribution in [-0.4, -0.2) is 39.7 Å². The zero-order valence-electron chi connectivity index (χ0n) is 16.0. The molecule has 0 aliphatic rings.